The molecule has 1 aromatic heterocycles. The first-order chi connectivity index (χ1) is 17.6. The van der Waals surface area contributed by atoms with Crippen LogP contribution in [0.3, 0.4) is 0 Å². The predicted octanol–water partition coefficient (Wildman–Crippen LogP) is 2.52. The summed E-state index contributed by atoms with van der Waals surface area (Å²) in [6, 6.07) is 21.9. The van der Waals surface area contributed by atoms with Gasteiger partial charge in [0.2, 0.25) is 0 Å². The van der Waals surface area contributed by atoms with Crippen LogP contribution >= 0.6 is 0 Å². The van der Waals surface area contributed by atoms with E-state index in [2.05, 4.69) is 38.8 Å². The zero-order valence-corrected chi connectivity index (χ0v) is 20.0. The Hall–Kier alpha value is -4.06. The van der Waals surface area contributed by atoms with Crippen molar-refractivity contribution in [3.63, 3.8) is 0 Å². The van der Waals surface area contributed by atoms with Crippen molar-refractivity contribution in [2.24, 2.45) is 4.99 Å². The molecule has 0 saturated carbocycles. The first-order valence-corrected chi connectivity index (χ1v) is 11.9. The van der Waals surface area contributed by atoms with Crippen molar-refractivity contribution in [3.05, 3.63) is 114 Å². The minimum absolute atomic E-state index is 0.0211. The van der Waals surface area contributed by atoms with Gasteiger partial charge in [-0.1, -0.05) is 18.2 Å². The Kier molecular flexibility index (Phi) is 7.03. The molecule has 1 fully saturated rings. The molecule has 1 saturated heterocycles. The summed E-state index contributed by atoms with van der Waals surface area (Å²) in [7, 11) is 12.3. The molecule has 1 N–H and O–H groups in total. The second-order valence-corrected chi connectivity index (χ2v) is 8.77. The zero-order valence-electron chi connectivity index (χ0n) is 20.0. The first kappa shape index (κ1) is 23.7. The number of ether oxygens (including phenoxy) is 1. The summed E-state index contributed by atoms with van der Waals surface area (Å²) in [6.45, 7) is 6.80. The van der Waals surface area contributed by atoms with Crippen LogP contribution in [0.2, 0.25) is 0 Å². The third-order valence-corrected chi connectivity index (χ3v) is 6.33. The van der Waals surface area contributed by atoms with E-state index in [0.717, 1.165) is 34.4 Å². The van der Waals surface area contributed by atoms with E-state index in [-0.39, 0.29) is 6.04 Å². The number of rotatable bonds is 6. The monoisotopic (exact) mass is 470 g/mol. The van der Waals surface area contributed by atoms with Crippen molar-refractivity contribution < 1.29 is 4.74 Å². The molecular formula is C28H26B2N5O. The standard InChI is InChI=1S/C28H26B2N5O/c1-20(36-19-21-5-3-2-4-6-21)34-15-16-35(26(18-34)23-7-9-24(29)10-8-23)28-32-25(17-27(30)33-28)22-11-13-31-14-12-22/h2-14,17,26H,1,15-16,18-19H2,(H,32,33)/t26-/m1/s1. The van der Waals surface area contributed by atoms with Gasteiger partial charge in [0.25, 0.3) is 0 Å². The SMILES string of the molecule is [B]c1ccc([C@H]2CN(C(=C)OCc3ccccc3)CCN2C2=NC(c3ccncc3)=CC(=[B])N2)cc1. The van der Waals surface area contributed by atoms with E-state index in [4.69, 9.17) is 25.1 Å². The maximum absolute atomic E-state index is 6.28. The Morgan fingerprint density at radius 2 is 1.78 bits per heavy atom. The van der Waals surface area contributed by atoms with Crippen LogP contribution in [0.4, 0.5) is 0 Å². The summed E-state index contributed by atoms with van der Waals surface area (Å²) in [5, 5.41) is 3.27. The summed E-state index contributed by atoms with van der Waals surface area (Å²) in [5.74, 6) is 1.36. The van der Waals surface area contributed by atoms with E-state index in [9.17, 15) is 0 Å². The molecule has 0 amide bonds. The topological polar surface area (TPSA) is 53.0 Å². The molecular weight excluding hydrogens is 444 g/mol. The Morgan fingerprint density at radius 1 is 1.03 bits per heavy atom. The van der Waals surface area contributed by atoms with Crippen molar-refractivity contribution in [2.75, 3.05) is 19.6 Å². The molecule has 2 aromatic carbocycles. The molecule has 0 spiro atoms. The molecule has 8 heteroatoms. The molecule has 2 aliphatic rings. The van der Waals surface area contributed by atoms with Crippen molar-refractivity contribution >= 4 is 38.0 Å². The molecule has 0 unspecified atom stereocenters. The van der Waals surface area contributed by atoms with E-state index in [1.807, 2.05) is 60.7 Å². The minimum atomic E-state index is -0.0211. The Balaban J connectivity index is 1.39. The first-order valence-electron chi connectivity index (χ1n) is 11.9. The fourth-order valence-corrected chi connectivity index (χ4v) is 4.39. The van der Waals surface area contributed by atoms with Gasteiger partial charge in [-0.15, -0.1) is 0 Å². The van der Waals surface area contributed by atoms with Gasteiger partial charge in [-0.2, -0.15) is 0 Å². The van der Waals surface area contributed by atoms with Crippen molar-refractivity contribution in [3.8, 4) is 0 Å². The van der Waals surface area contributed by atoms with Gasteiger partial charge in [-0.05, 0) is 0 Å². The van der Waals surface area contributed by atoms with E-state index in [1.54, 1.807) is 12.4 Å². The van der Waals surface area contributed by atoms with Crippen LogP contribution in [0.25, 0.3) is 5.70 Å². The molecule has 3 radical (unpaired) electrons. The van der Waals surface area contributed by atoms with Gasteiger partial charge >= 0.3 is 196 Å². The number of nitrogens with one attached hydrogen (secondary N) is 1. The summed E-state index contributed by atoms with van der Waals surface area (Å²) < 4.78 is 6.05. The zero-order chi connectivity index (χ0) is 24.9. The fourth-order valence-electron chi connectivity index (χ4n) is 4.39. The summed E-state index contributed by atoms with van der Waals surface area (Å²) in [6.07, 6.45) is 5.34. The van der Waals surface area contributed by atoms with Crippen LogP contribution in [0, 0.1) is 0 Å². The second-order valence-electron chi connectivity index (χ2n) is 8.77. The summed E-state index contributed by atoms with van der Waals surface area (Å²) in [5.41, 5.74) is 5.24. The van der Waals surface area contributed by atoms with E-state index in [1.165, 1.54) is 0 Å². The quantitative estimate of drug-likeness (QED) is 0.444. The number of benzene rings is 2. The van der Waals surface area contributed by atoms with Gasteiger partial charge in [-0.3, -0.25) is 0 Å². The molecule has 1 atom stereocenters. The van der Waals surface area contributed by atoms with Crippen LogP contribution in [0.1, 0.15) is 22.7 Å². The number of hydrogen-bond donors (Lipinski definition) is 1. The fraction of sp³-hybridized carbons (Fsp3) is 0.179. The molecule has 5 rings (SSSR count). The molecule has 36 heavy (non-hydrogen) atoms. The van der Waals surface area contributed by atoms with Gasteiger partial charge in [0.05, 0.1) is 0 Å². The van der Waals surface area contributed by atoms with Gasteiger partial charge < -0.3 is 0 Å². The molecule has 0 bridgehead atoms. The van der Waals surface area contributed by atoms with Crippen LogP contribution in [-0.4, -0.2) is 61.3 Å². The number of aliphatic imine (C=N–C) groups is 1. The van der Waals surface area contributed by atoms with E-state index >= 15 is 0 Å². The van der Waals surface area contributed by atoms with Gasteiger partial charge in [0, 0.05) is 0 Å². The molecule has 0 aliphatic carbocycles. The average molecular weight is 470 g/mol. The molecule has 175 valence electrons. The third kappa shape index (κ3) is 5.43. The van der Waals surface area contributed by atoms with Gasteiger partial charge in [0.15, 0.2) is 0 Å². The van der Waals surface area contributed by atoms with Gasteiger partial charge in [-0.25, -0.2) is 0 Å². The van der Waals surface area contributed by atoms with Crippen molar-refractivity contribution in [1.29, 1.82) is 0 Å². The molecule has 2 aliphatic heterocycles. The number of aromatic nitrogens is 1. The molecule has 3 heterocycles. The Morgan fingerprint density at radius 3 is 2.53 bits per heavy atom. The van der Waals surface area contributed by atoms with Crippen LogP contribution in [0.5, 0.6) is 0 Å². The van der Waals surface area contributed by atoms with Gasteiger partial charge in [0.1, 0.15) is 0 Å². The normalized spacial score (nSPS) is 17.6. The van der Waals surface area contributed by atoms with E-state index < -0.39 is 0 Å². The van der Waals surface area contributed by atoms with Crippen LogP contribution < -0.4 is 10.8 Å². The number of guanidine groups is 1. The van der Waals surface area contributed by atoms with Crippen LogP contribution in [-0.2, 0) is 11.3 Å². The number of hydrogen-bond acceptors (Lipinski definition) is 6. The predicted molar refractivity (Wildman–Crippen MR) is 147 cm³/mol. The molecule has 6 nitrogen and oxygen atoms in total. The second kappa shape index (κ2) is 10.7. The van der Waals surface area contributed by atoms with Crippen LogP contribution in [0.15, 0.2) is 103 Å². The number of nitrogens with zero attached hydrogens (tertiary/aromatic N) is 4. The molecule has 3 aromatic rings. The Bertz CT molecular complexity index is 1290. The summed E-state index contributed by atoms with van der Waals surface area (Å²) >= 11 is 0. The number of pyridine rings is 1. The Labute approximate surface area is 214 Å². The summed E-state index contributed by atoms with van der Waals surface area (Å²) in [4.78, 5) is 13.5. The van der Waals surface area contributed by atoms with Crippen molar-refractivity contribution in [1.82, 2.24) is 20.1 Å². The van der Waals surface area contributed by atoms with E-state index in [0.29, 0.717) is 37.1 Å². The average Bonchev–Trinajstić information content (AvgIpc) is 2.92. The maximum atomic E-state index is 6.28. The van der Waals surface area contributed by atoms with Crippen molar-refractivity contribution in [2.45, 2.75) is 12.6 Å². The third-order valence-electron chi connectivity index (χ3n) is 6.33. The number of piperazine rings is 1.